The van der Waals surface area contributed by atoms with E-state index in [-0.39, 0.29) is 6.04 Å². The summed E-state index contributed by atoms with van der Waals surface area (Å²) in [6.45, 7) is 3.04. The quantitative estimate of drug-likeness (QED) is 0.465. The number of imidazole rings is 1. The van der Waals surface area contributed by atoms with Crippen LogP contribution in [0.15, 0.2) is 73.3 Å². The van der Waals surface area contributed by atoms with E-state index in [1.54, 1.807) is 6.33 Å². The average molecular weight is 387 g/mol. The molecule has 0 amide bonds. The molecule has 2 N–H and O–H groups in total. The molecule has 0 aliphatic carbocycles. The van der Waals surface area contributed by atoms with E-state index in [4.69, 9.17) is 0 Å². The van der Waals surface area contributed by atoms with Crippen LogP contribution in [-0.4, -0.2) is 24.6 Å². The van der Waals surface area contributed by atoms with Crippen LogP contribution in [0.25, 0.3) is 11.2 Å². The van der Waals surface area contributed by atoms with Crippen molar-refractivity contribution in [1.82, 2.24) is 19.5 Å². The van der Waals surface area contributed by atoms with Crippen molar-refractivity contribution in [3.8, 4) is 0 Å². The second kappa shape index (κ2) is 8.84. The number of aliphatic hydroxyl groups excluding tert-OH is 1. The summed E-state index contributed by atoms with van der Waals surface area (Å²) < 4.78 is 2.05. The molecule has 0 aliphatic heterocycles. The Morgan fingerprint density at radius 1 is 0.931 bits per heavy atom. The number of hydrogen-bond donors (Lipinski definition) is 2. The van der Waals surface area contributed by atoms with Crippen LogP contribution in [0.2, 0.25) is 0 Å². The van der Waals surface area contributed by atoms with Crippen LogP contribution in [0, 0.1) is 0 Å². The molecule has 0 saturated heterocycles. The molecule has 148 valence electrons. The van der Waals surface area contributed by atoms with Crippen molar-refractivity contribution in [1.29, 1.82) is 0 Å². The van der Waals surface area contributed by atoms with Crippen LogP contribution >= 0.6 is 0 Å². The third-order valence-corrected chi connectivity index (χ3v) is 5.06. The summed E-state index contributed by atoms with van der Waals surface area (Å²) in [6, 6.07) is 19.2. The number of aliphatic hydroxyl groups is 1. The highest BCUT2D eigenvalue weighted by molar-refractivity contribution is 5.82. The van der Waals surface area contributed by atoms with Crippen molar-refractivity contribution >= 4 is 17.0 Å². The van der Waals surface area contributed by atoms with Gasteiger partial charge in [-0.1, -0.05) is 74.0 Å². The Morgan fingerprint density at radius 3 is 2.31 bits per heavy atom. The molecule has 2 aromatic carbocycles. The Kier molecular flexibility index (Phi) is 5.81. The molecule has 0 aliphatic rings. The number of aryl methyl sites for hydroxylation is 1. The highest BCUT2D eigenvalue weighted by atomic mass is 16.3. The Balaban J connectivity index is 1.70. The Morgan fingerprint density at radius 2 is 1.62 bits per heavy atom. The van der Waals surface area contributed by atoms with Crippen molar-refractivity contribution in [3.05, 3.63) is 84.4 Å². The topological polar surface area (TPSA) is 75.9 Å². The summed E-state index contributed by atoms with van der Waals surface area (Å²) in [5.74, 6) is 0.620. The van der Waals surface area contributed by atoms with Crippen molar-refractivity contribution in [3.63, 3.8) is 0 Å². The molecule has 29 heavy (non-hydrogen) atoms. The zero-order valence-corrected chi connectivity index (χ0v) is 16.4. The van der Waals surface area contributed by atoms with E-state index in [2.05, 4.69) is 31.8 Å². The monoisotopic (exact) mass is 387 g/mol. The van der Waals surface area contributed by atoms with Gasteiger partial charge in [0.2, 0.25) is 0 Å². The SMILES string of the molecule is CCCCn1cnc2c(N[C@H](c3ccccc3)[C@H](O)c3ccccc3)ncnc21. The minimum atomic E-state index is -0.745. The first kappa shape index (κ1) is 19.1. The van der Waals surface area contributed by atoms with Crippen molar-refractivity contribution < 1.29 is 5.11 Å². The fourth-order valence-electron chi connectivity index (χ4n) is 3.47. The lowest BCUT2D eigenvalue weighted by Gasteiger charge is -2.25. The van der Waals surface area contributed by atoms with E-state index < -0.39 is 6.10 Å². The number of nitrogens with zero attached hydrogens (tertiary/aromatic N) is 4. The Labute approximate surface area is 170 Å². The van der Waals surface area contributed by atoms with Crippen LogP contribution in [0.3, 0.4) is 0 Å². The number of nitrogens with one attached hydrogen (secondary N) is 1. The van der Waals surface area contributed by atoms with Gasteiger partial charge in [0, 0.05) is 6.54 Å². The third kappa shape index (κ3) is 4.12. The van der Waals surface area contributed by atoms with Gasteiger partial charge < -0.3 is 15.0 Å². The smallest absolute Gasteiger partial charge is 0.165 e. The maximum Gasteiger partial charge on any atom is 0.165 e. The van der Waals surface area contributed by atoms with Gasteiger partial charge in [-0.15, -0.1) is 0 Å². The molecule has 0 saturated carbocycles. The maximum atomic E-state index is 11.2. The molecule has 4 rings (SSSR count). The van der Waals surface area contributed by atoms with Crippen LogP contribution in [-0.2, 0) is 6.54 Å². The lowest BCUT2D eigenvalue weighted by molar-refractivity contribution is 0.155. The molecule has 0 spiro atoms. The van der Waals surface area contributed by atoms with Gasteiger partial charge in [-0.05, 0) is 17.5 Å². The zero-order chi connectivity index (χ0) is 20.1. The number of anilines is 1. The third-order valence-electron chi connectivity index (χ3n) is 5.06. The summed E-state index contributed by atoms with van der Waals surface area (Å²) in [6.07, 6.45) is 4.79. The molecule has 0 unspecified atom stereocenters. The number of aromatic nitrogens is 4. The van der Waals surface area contributed by atoms with Crippen molar-refractivity contribution in [2.45, 2.75) is 38.5 Å². The number of hydrogen-bond acceptors (Lipinski definition) is 5. The average Bonchev–Trinajstić information content (AvgIpc) is 3.20. The molecule has 0 radical (unpaired) electrons. The first-order valence-electron chi connectivity index (χ1n) is 9.98. The molecule has 6 heteroatoms. The van der Waals surface area contributed by atoms with Crippen LogP contribution < -0.4 is 5.32 Å². The molecule has 2 atom stereocenters. The highest BCUT2D eigenvalue weighted by Gasteiger charge is 2.24. The number of fused-ring (bicyclic) bond motifs is 1. The molecule has 6 nitrogen and oxygen atoms in total. The van der Waals surface area contributed by atoms with Crippen molar-refractivity contribution in [2.75, 3.05) is 5.32 Å². The number of rotatable bonds is 8. The van der Waals surface area contributed by atoms with Gasteiger partial charge in [-0.25, -0.2) is 15.0 Å². The number of unbranched alkanes of at least 4 members (excludes halogenated alkanes) is 1. The minimum absolute atomic E-state index is 0.377. The van der Waals surface area contributed by atoms with Gasteiger partial charge in [0.25, 0.3) is 0 Å². The van der Waals surface area contributed by atoms with Gasteiger partial charge in [-0.3, -0.25) is 0 Å². The molecule has 0 fully saturated rings. The van der Waals surface area contributed by atoms with E-state index >= 15 is 0 Å². The second-order valence-electron chi connectivity index (χ2n) is 7.07. The highest BCUT2D eigenvalue weighted by Crippen LogP contribution is 2.33. The van der Waals surface area contributed by atoms with E-state index in [1.807, 2.05) is 67.0 Å². The van der Waals surface area contributed by atoms with E-state index in [9.17, 15) is 5.11 Å². The van der Waals surface area contributed by atoms with E-state index in [0.717, 1.165) is 36.2 Å². The van der Waals surface area contributed by atoms with E-state index in [0.29, 0.717) is 11.3 Å². The van der Waals surface area contributed by atoms with Crippen LogP contribution in [0.1, 0.15) is 43.0 Å². The minimum Gasteiger partial charge on any atom is -0.386 e. The predicted molar refractivity (Wildman–Crippen MR) is 114 cm³/mol. The predicted octanol–water partition coefficient (Wildman–Crippen LogP) is 4.51. The summed E-state index contributed by atoms with van der Waals surface area (Å²) in [5.41, 5.74) is 3.33. The molecule has 0 bridgehead atoms. The largest absolute Gasteiger partial charge is 0.386 e. The summed E-state index contributed by atoms with van der Waals surface area (Å²) in [4.78, 5) is 13.4. The Bertz CT molecular complexity index is 1050. The lowest BCUT2D eigenvalue weighted by Crippen LogP contribution is -2.20. The summed E-state index contributed by atoms with van der Waals surface area (Å²) in [5, 5.41) is 14.6. The standard InChI is InChI=1S/C23H25N5O/c1-2-3-14-28-16-26-20-22(24-15-25-23(20)28)27-19(17-10-6-4-7-11-17)21(29)18-12-8-5-9-13-18/h4-13,15-16,19,21,29H,2-3,14H2,1H3,(H,24,25,27)/t19-,21-/m1/s1. The van der Waals surface area contributed by atoms with E-state index in [1.165, 1.54) is 0 Å². The molecular formula is C23H25N5O. The lowest BCUT2D eigenvalue weighted by atomic mass is 9.96. The molecule has 2 aromatic heterocycles. The Hall–Kier alpha value is -3.25. The normalized spacial score (nSPS) is 13.3. The van der Waals surface area contributed by atoms with Gasteiger partial charge in [0.05, 0.1) is 12.4 Å². The van der Waals surface area contributed by atoms with Gasteiger partial charge >= 0.3 is 0 Å². The van der Waals surface area contributed by atoms with Crippen LogP contribution in [0.4, 0.5) is 5.82 Å². The van der Waals surface area contributed by atoms with Crippen LogP contribution in [0.5, 0.6) is 0 Å². The fraction of sp³-hybridized carbons (Fsp3) is 0.261. The first-order valence-corrected chi connectivity index (χ1v) is 9.98. The number of benzene rings is 2. The van der Waals surface area contributed by atoms with Gasteiger partial charge in [0.15, 0.2) is 11.5 Å². The van der Waals surface area contributed by atoms with Gasteiger partial charge in [-0.2, -0.15) is 0 Å². The summed E-state index contributed by atoms with van der Waals surface area (Å²) >= 11 is 0. The maximum absolute atomic E-state index is 11.2. The molecular weight excluding hydrogens is 362 g/mol. The fourth-order valence-corrected chi connectivity index (χ4v) is 3.47. The second-order valence-corrected chi connectivity index (χ2v) is 7.07. The zero-order valence-electron chi connectivity index (χ0n) is 16.4. The van der Waals surface area contributed by atoms with Gasteiger partial charge in [0.1, 0.15) is 17.9 Å². The van der Waals surface area contributed by atoms with Crippen molar-refractivity contribution in [2.24, 2.45) is 0 Å². The first-order chi connectivity index (χ1) is 14.3. The molecule has 4 aromatic rings. The molecule has 2 heterocycles. The summed E-state index contributed by atoms with van der Waals surface area (Å²) in [7, 11) is 0.